The molecule has 0 unspecified atom stereocenters. The summed E-state index contributed by atoms with van der Waals surface area (Å²) in [6.45, 7) is 0. The molecule has 0 aliphatic carbocycles. The number of rotatable bonds is 0. The summed E-state index contributed by atoms with van der Waals surface area (Å²) in [5.74, 6) is 0. The molecule has 5 heteroatoms. The molecule has 0 saturated heterocycles. The maximum absolute atomic E-state index is 11.5. The first kappa shape index (κ1) is 8.68. The summed E-state index contributed by atoms with van der Waals surface area (Å²) >= 11 is 4.02. The van der Waals surface area contributed by atoms with Crippen LogP contribution in [-0.4, -0.2) is 30.2 Å². The zero-order valence-electron chi connectivity index (χ0n) is 4.99. The second-order valence-corrected chi connectivity index (χ2v) is 2.08. The van der Waals surface area contributed by atoms with Crippen LogP contribution in [0, 0.1) is 0 Å². The largest absolute Gasteiger partial charge is 0.441 e. The Balaban J connectivity index is 4.06. The van der Waals surface area contributed by atoms with Gasteiger partial charge in [-0.1, -0.05) is 12.2 Å². The maximum Gasteiger partial charge on any atom is 0.441 e. The highest BCUT2D eigenvalue weighted by Crippen LogP contribution is 2.17. The molecule has 54 valence electrons. The van der Waals surface area contributed by atoms with E-state index < -0.39 is 11.2 Å². The smallest absolute Gasteiger partial charge is 0.365 e. The average Bonchev–Trinajstić information content (AvgIpc) is 1.62. The van der Waals surface area contributed by atoms with Crippen LogP contribution in [0.5, 0.6) is 0 Å². The van der Waals surface area contributed by atoms with Crippen LogP contribution in [0.3, 0.4) is 0 Å². The summed E-state index contributed by atoms with van der Waals surface area (Å²) < 4.78 is 34.6. The van der Waals surface area contributed by atoms with Crippen LogP contribution in [0.1, 0.15) is 0 Å². The Bertz CT molecular complexity index is 117. The number of alkyl halides is 3. The average molecular weight is 157 g/mol. The third kappa shape index (κ3) is 2.64. The van der Waals surface area contributed by atoms with Crippen LogP contribution in [-0.2, 0) is 0 Å². The molecule has 0 atom stereocenters. The van der Waals surface area contributed by atoms with Crippen LogP contribution in [0.15, 0.2) is 0 Å². The second kappa shape index (κ2) is 2.51. The van der Waals surface area contributed by atoms with E-state index in [2.05, 4.69) is 12.2 Å². The van der Waals surface area contributed by atoms with Gasteiger partial charge in [0.25, 0.3) is 0 Å². The lowest BCUT2D eigenvalue weighted by Crippen LogP contribution is -2.33. The van der Waals surface area contributed by atoms with Crippen LogP contribution < -0.4 is 0 Å². The van der Waals surface area contributed by atoms with Gasteiger partial charge in [0.2, 0.25) is 0 Å². The van der Waals surface area contributed by atoms with Gasteiger partial charge < -0.3 is 4.90 Å². The summed E-state index contributed by atoms with van der Waals surface area (Å²) in [6.07, 6.45) is -4.36. The molecule has 0 aliphatic heterocycles. The minimum Gasteiger partial charge on any atom is -0.365 e. The number of hydrogen-bond donors (Lipinski definition) is 0. The molecule has 0 saturated carbocycles. The van der Waals surface area contributed by atoms with Crippen molar-refractivity contribution < 1.29 is 13.2 Å². The van der Waals surface area contributed by atoms with Gasteiger partial charge in [-0.15, -0.1) is 0 Å². The molecule has 0 fully saturated rings. The molecule has 1 nitrogen and oxygen atoms in total. The van der Waals surface area contributed by atoms with Crippen molar-refractivity contribution in [3.05, 3.63) is 0 Å². The minimum atomic E-state index is -4.36. The predicted octanol–water partition coefficient (Wildman–Crippen LogP) is 1.44. The molecule has 0 aliphatic rings. The second-order valence-electron chi connectivity index (χ2n) is 1.70. The quantitative estimate of drug-likeness (QED) is 0.489. The van der Waals surface area contributed by atoms with Crippen molar-refractivity contribution in [2.75, 3.05) is 14.1 Å². The van der Waals surface area contributed by atoms with E-state index in [1.807, 2.05) is 0 Å². The molecule has 0 aromatic heterocycles. The van der Waals surface area contributed by atoms with Crippen LogP contribution in [0.25, 0.3) is 0 Å². The summed E-state index contributed by atoms with van der Waals surface area (Å²) in [7, 11) is 2.52. The Morgan fingerprint density at radius 3 is 1.67 bits per heavy atom. The summed E-state index contributed by atoms with van der Waals surface area (Å²) in [6, 6.07) is 0. The lowest BCUT2D eigenvalue weighted by Gasteiger charge is -2.15. The monoisotopic (exact) mass is 157 g/mol. The Hall–Kier alpha value is -0.320. The first-order chi connectivity index (χ1) is 3.85. The fourth-order valence-electron chi connectivity index (χ4n) is 0.254. The Morgan fingerprint density at radius 2 is 1.67 bits per heavy atom. The van der Waals surface area contributed by atoms with Crippen molar-refractivity contribution in [3.8, 4) is 0 Å². The van der Waals surface area contributed by atoms with Gasteiger partial charge in [0.05, 0.1) is 0 Å². The molecule has 0 aromatic carbocycles. The lowest BCUT2D eigenvalue weighted by molar-refractivity contribution is -0.0638. The van der Waals surface area contributed by atoms with Gasteiger partial charge in [0, 0.05) is 14.1 Å². The van der Waals surface area contributed by atoms with Gasteiger partial charge in [-0.25, -0.2) is 0 Å². The molecule has 0 spiro atoms. The molecule has 0 rings (SSSR count). The normalized spacial score (nSPS) is 11.2. The van der Waals surface area contributed by atoms with E-state index in [4.69, 9.17) is 0 Å². The molecule has 0 N–H and O–H groups in total. The van der Waals surface area contributed by atoms with Crippen LogP contribution in [0.4, 0.5) is 13.2 Å². The van der Waals surface area contributed by atoms with E-state index in [1.165, 1.54) is 14.1 Å². The summed E-state index contributed by atoms with van der Waals surface area (Å²) in [5, 5.41) is 0. The van der Waals surface area contributed by atoms with Gasteiger partial charge >= 0.3 is 6.18 Å². The fraction of sp³-hybridized carbons (Fsp3) is 0.750. The highest BCUT2D eigenvalue weighted by Gasteiger charge is 2.35. The van der Waals surface area contributed by atoms with Crippen molar-refractivity contribution in [1.29, 1.82) is 0 Å². The Labute approximate surface area is 56.4 Å². The molecule has 0 aromatic rings. The van der Waals surface area contributed by atoms with E-state index in [1.54, 1.807) is 0 Å². The zero-order valence-corrected chi connectivity index (χ0v) is 5.81. The standard InChI is InChI=1S/C4H6F3NS/c1-8(2)3(9)4(5,6)7/h1-2H3. The van der Waals surface area contributed by atoms with E-state index in [9.17, 15) is 13.2 Å². The van der Waals surface area contributed by atoms with Gasteiger partial charge in [-0.05, 0) is 0 Å². The van der Waals surface area contributed by atoms with Gasteiger partial charge in [-0.3, -0.25) is 0 Å². The lowest BCUT2D eigenvalue weighted by atomic mass is 10.6. The van der Waals surface area contributed by atoms with Crippen molar-refractivity contribution >= 4 is 17.2 Å². The minimum absolute atomic E-state index is 0.856. The van der Waals surface area contributed by atoms with Crippen molar-refractivity contribution in [2.24, 2.45) is 0 Å². The number of halogens is 3. The number of hydrogen-bond acceptors (Lipinski definition) is 1. The predicted molar refractivity (Wildman–Crippen MR) is 32.3 cm³/mol. The summed E-state index contributed by atoms with van der Waals surface area (Å²) in [5.41, 5.74) is 0. The number of nitrogens with zero attached hydrogens (tertiary/aromatic N) is 1. The fourth-order valence-corrected chi connectivity index (χ4v) is 0.254. The van der Waals surface area contributed by atoms with E-state index >= 15 is 0 Å². The zero-order chi connectivity index (χ0) is 7.65. The molecule has 0 bridgehead atoms. The van der Waals surface area contributed by atoms with E-state index in [0.717, 1.165) is 4.90 Å². The maximum atomic E-state index is 11.5. The van der Waals surface area contributed by atoms with Crippen LogP contribution in [0.2, 0.25) is 0 Å². The molecule has 0 amide bonds. The molecule has 0 radical (unpaired) electrons. The molecule has 9 heavy (non-hydrogen) atoms. The Morgan fingerprint density at radius 1 is 1.33 bits per heavy atom. The summed E-state index contributed by atoms with van der Waals surface area (Å²) in [4.78, 5) is -0.141. The highest BCUT2D eigenvalue weighted by molar-refractivity contribution is 7.80. The number of thiocarbonyl (C=S) groups is 1. The van der Waals surface area contributed by atoms with Gasteiger partial charge in [0.1, 0.15) is 0 Å². The molecule has 0 heterocycles. The SMILES string of the molecule is CN(C)C(=S)C(F)(F)F. The van der Waals surface area contributed by atoms with Crippen LogP contribution >= 0.6 is 12.2 Å². The van der Waals surface area contributed by atoms with E-state index in [0.29, 0.717) is 0 Å². The highest BCUT2D eigenvalue weighted by atomic mass is 32.1. The third-order valence-corrected chi connectivity index (χ3v) is 1.25. The first-order valence-corrected chi connectivity index (χ1v) is 2.55. The first-order valence-electron chi connectivity index (χ1n) is 2.14. The molecular weight excluding hydrogens is 151 g/mol. The third-order valence-electron chi connectivity index (χ3n) is 0.649. The topological polar surface area (TPSA) is 3.24 Å². The van der Waals surface area contributed by atoms with Gasteiger partial charge in [-0.2, -0.15) is 13.2 Å². The molecular formula is C4H6F3NS. The Kier molecular flexibility index (Phi) is 2.42. The van der Waals surface area contributed by atoms with Crippen molar-refractivity contribution in [3.63, 3.8) is 0 Å². The van der Waals surface area contributed by atoms with E-state index in [-0.39, 0.29) is 0 Å². The van der Waals surface area contributed by atoms with Gasteiger partial charge in [0.15, 0.2) is 4.99 Å². The van der Waals surface area contributed by atoms with Crippen molar-refractivity contribution in [2.45, 2.75) is 6.18 Å². The van der Waals surface area contributed by atoms with Crippen molar-refractivity contribution in [1.82, 2.24) is 4.90 Å².